The zero-order valence-corrected chi connectivity index (χ0v) is 19.5. The van der Waals surface area contributed by atoms with Crippen LogP contribution in [0, 0.1) is 0 Å². The van der Waals surface area contributed by atoms with E-state index in [1.54, 1.807) is 43.5 Å². The smallest absolute Gasteiger partial charge is 0.497 e. The Bertz CT molecular complexity index is 1040. The van der Waals surface area contributed by atoms with Gasteiger partial charge in [0.2, 0.25) is 0 Å². The summed E-state index contributed by atoms with van der Waals surface area (Å²) in [5, 5.41) is 0. The highest BCUT2D eigenvalue weighted by Crippen LogP contribution is 2.37. The molecule has 0 radical (unpaired) electrons. The van der Waals surface area contributed by atoms with Crippen LogP contribution in [-0.4, -0.2) is 91.6 Å². The Kier molecular flexibility index (Phi) is 6.37. The van der Waals surface area contributed by atoms with Gasteiger partial charge in [0.05, 0.1) is 31.9 Å². The third-order valence-electron chi connectivity index (χ3n) is 6.98. The lowest BCUT2D eigenvalue weighted by Gasteiger charge is -2.63. The molecule has 188 valence electrons. The third-order valence-corrected chi connectivity index (χ3v) is 6.98. The molecule has 3 aliphatic heterocycles. The minimum atomic E-state index is -4.70. The molecule has 0 aromatic heterocycles. The van der Waals surface area contributed by atoms with Crippen molar-refractivity contribution in [3.63, 3.8) is 0 Å². The van der Waals surface area contributed by atoms with Crippen LogP contribution in [0.5, 0.6) is 11.5 Å². The number of morpholine rings is 1. The van der Waals surface area contributed by atoms with Gasteiger partial charge in [0.1, 0.15) is 11.5 Å². The number of ether oxygens (including phenoxy) is 3. The average molecular weight is 492 g/mol. The molecule has 0 N–H and O–H groups in total. The van der Waals surface area contributed by atoms with Gasteiger partial charge in [0.15, 0.2) is 0 Å². The van der Waals surface area contributed by atoms with E-state index in [0.717, 1.165) is 25.2 Å². The van der Waals surface area contributed by atoms with Crippen molar-refractivity contribution < 1.29 is 32.2 Å². The van der Waals surface area contributed by atoms with E-state index in [9.17, 15) is 18.0 Å². The molecule has 1 spiro atoms. The number of likely N-dealkylation sites (tertiary alicyclic amines) is 1. The highest BCUT2D eigenvalue weighted by atomic mass is 19.4. The van der Waals surface area contributed by atoms with E-state index in [0.29, 0.717) is 44.2 Å². The lowest BCUT2D eigenvalue weighted by atomic mass is 9.82. The quantitative estimate of drug-likeness (QED) is 0.641. The maximum atomic E-state index is 13.3. The number of methoxy groups -OCH3 is 1. The van der Waals surface area contributed by atoms with Gasteiger partial charge in [-0.2, -0.15) is 0 Å². The van der Waals surface area contributed by atoms with Crippen molar-refractivity contribution in [1.29, 1.82) is 0 Å². The Morgan fingerprint density at radius 3 is 2.40 bits per heavy atom. The standard InChI is InChI=1S/C25H28F3N3O4/c1-33-21-8-4-19(5-9-21)23(32)30-13-20-14-34-11-10-31(20)24(17-30)15-29(16-24)12-18-2-6-22(7-3-18)35-25(26,27)28/h2-9,20H,10-17H2,1H3. The fourth-order valence-electron chi connectivity index (χ4n) is 5.50. The number of alkyl halides is 3. The zero-order valence-electron chi connectivity index (χ0n) is 19.5. The van der Waals surface area contributed by atoms with Crippen LogP contribution < -0.4 is 9.47 Å². The molecule has 3 saturated heterocycles. The van der Waals surface area contributed by atoms with E-state index in [-0.39, 0.29) is 23.2 Å². The first-order valence-corrected chi connectivity index (χ1v) is 11.6. The van der Waals surface area contributed by atoms with Gasteiger partial charge < -0.3 is 19.1 Å². The van der Waals surface area contributed by atoms with Gasteiger partial charge in [-0.05, 0) is 42.0 Å². The molecule has 10 heteroatoms. The molecule has 5 rings (SSSR count). The van der Waals surface area contributed by atoms with Crippen LogP contribution in [0.3, 0.4) is 0 Å². The second kappa shape index (κ2) is 9.33. The van der Waals surface area contributed by atoms with Crippen LogP contribution in [-0.2, 0) is 11.3 Å². The molecule has 1 unspecified atom stereocenters. The zero-order chi connectivity index (χ0) is 24.6. The first-order valence-electron chi connectivity index (χ1n) is 11.6. The predicted molar refractivity (Wildman–Crippen MR) is 121 cm³/mol. The minimum Gasteiger partial charge on any atom is -0.497 e. The molecule has 1 amide bonds. The Balaban J connectivity index is 1.26. The summed E-state index contributed by atoms with van der Waals surface area (Å²) in [7, 11) is 1.59. The highest BCUT2D eigenvalue weighted by Gasteiger charge is 2.54. The summed E-state index contributed by atoms with van der Waals surface area (Å²) >= 11 is 0. The minimum absolute atomic E-state index is 0.00375. The number of hydrogen-bond donors (Lipinski definition) is 0. The molecule has 35 heavy (non-hydrogen) atoms. The normalized spacial score (nSPS) is 22.4. The summed E-state index contributed by atoms with van der Waals surface area (Å²) in [6.45, 7) is 5.51. The Morgan fingerprint density at radius 2 is 1.74 bits per heavy atom. The van der Waals surface area contributed by atoms with Gasteiger partial charge in [0, 0.05) is 44.8 Å². The third kappa shape index (κ3) is 5.10. The van der Waals surface area contributed by atoms with Crippen LogP contribution in [0.4, 0.5) is 13.2 Å². The molecule has 2 aromatic rings. The maximum Gasteiger partial charge on any atom is 0.573 e. The van der Waals surface area contributed by atoms with Crippen molar-refractivity contribution in [2.75, 3.05) is 53.0 Å². The molecule has 3 heterocycles. The lowest BCUT2D eigenvalue weighted by molar-refractivity contribution is -0.274. The number of halogens is 3. The van der Waals surface area contributed by atoms with Gasteiger partial charge >= 0.3 is 6.36 Å². The number of nitrogens with zero attached hydrogens (tertiary/aromatic N) is 3. The largest absolute Gasteiger partial charge is 0.573 e. The SMILES string of the molecule is COc1ccc(C(=O)N2CC3COCCN3C3(CN(Cc4ccc(OC(F)(F)F)cc4)C3)C2)cc1. The lowest BCUT2D eigenvalue weighted by Crippen LogP contribution is -2.80. The first-order chi connectivity index (χ1) is 16.7. The summed E-state index contributed by atoms with van der Waals surface area (Å²) in [5.74, 6) is 0.476. The number of carbonyl (C=O) groups excluding carboxylic acids is 1. The summed E-state index contributed by atoms with van der Waals surface area (Å²) < 4.78 is 52.1. The number of amides is 1. The molecular formula is C25H28F3N3O4. The van der Waals surface area contributed by atoms with E-state index in [1.807, 2.05) is 4.90 Å². The number of rotatable bonds is 5. The summed E-state index contributed by atoms with van der Waals surface area (Å²) in [6, 6.07) is 13.3. The van der Waals surface area contributed by atoms with Gasteiger partial charge in [-0.1, -0.05) is 12.1 Å². The molecule has 0 bridgehead atoms. The number of piperazine rings is 1. The van der Waals surface area contributed by atoms with E-state index in [4.69, 9.17) is 9.47 Å². The van der Waals surface area contributed by atoms with Gasteiger partial charge in [-0.25, -0.2) is 0 Å². The topological polar surface area (TPSA) is 54.5 Å². The van der Waals surface area contributed by atoms with Gasteiger partial charge in [-0.3, -0.25) is 14.6 Å². The number of carbonyl (C=O) groups is 1. The molecule has 7 nitrogen and oxygen atoms in total. The second-order valence-electron chi connectivity index (χ2n) is 9.40. The average Bonchev–Trinajstić information content (AvgIpc) is 2.82. The fraction of sp³-hybridized carbons (Fsp3) is 0.480. The fourth-order valence-corrected chi connectivity index (χ4v) is 5.50. The maximum absolute atomic E-state index is 13.3. The Hall–Kier alpha value is -2.82. The summed E-state index contributed by atoms with van der Waals surface area (Å²) in [6.07, 6.45) is -4.70. The van der Waals surface area contributed by atoms with Gasteiger partial charge in [-0.15, -0.1) is 13.2 Å². The van der Waals surface area contributed by atoms with E-state index in [2.05, 4.69) is 14.5 Å². The second-order valence-corrected chi connectivity index (χ2v) is 9.40. The Labute approximate surface area is 201 Å². The Morgan fingerprint density at radius 1 is 1.06 bits per heavy atom. The molecule has 1 atom stereocenters. The van der Waals surface area contributed by atoms with E-state index >= 15 is 0 Å². The van der Waals surface area contributed by atoms with Crippen molar-refractivity contribution in [1.82, 2.24) is 14.7 Å². The number of fused-ring (bicyclic) bond motifs is 2. The first kappa shape index (κ1) is 23.9. The van der Waals surface area contributed by atoms with Crippen molar-refractivity contribution in [2.24, 2.45) is 0 Å². The van der Waals surface area contributed by atoms with Crippen molar-refractivity contribution in [3.05, 3.63) is 59.7 Å². The number of benzene rings is 2. The molecule has 0 saturated carbocycles. The van der Waals surface area contributed by atoms with Crippen molar-refractivity contribution in [2.45, 2.75) is 24.5 Å². The van der Waals surface area contributed by atoms with Crippen LogP contribution in [0.1, 0.15) is 15.9 Å². The molecular weight excluding hydrogens is 463 g/mol. The van der Waals surface area contributed by atoms with Crippen molar-refractivity contribution in [3.8, 4) is 11.5 Å². The van der Waals surface area contributed by atoms with E-state index in [1.165, 1.54) is 12.1 Å². The monoisotopic (exact) mass is 491 g/mol. The van der Waals surface area contributed by atoms with Crippen LogP contribution >= 0.6 is 0 Å². The van der Waals surface area contributed by atoms with Crippen LogP contribution in [0.2, 0.25) is 0 Å². The van der Waals surface area contributed by atoms with Crippen LogP contribution in [0.25, 0.3) is 0 Å². The molecule has 3 fully saturated rings. The predicted octanol–water partition coefficient (Wildman–Crippen LogP) is 3.01. The van der Waals surface area contributed by atoms with Gasteiger partial charge in [0.25, 0.3) is 5.91 Å². The molecule has 3 aliphatic rings. The van der Waals surface area contributed by atoms with E-state index < -0.39 is 6.36 Å². The summed E-state index contributed by atoms with van der Waals surface area (Å²) in [4.78, 5) is 20.0. The highest BCUT2D eigenvalue weighted by molar-refractivity contribution is 5.94. The van der Waals surface area contributed by atoms with Crippen molar-refractivity contribution >= 4 is 5.91 Å². The molecule has 2 aromatic carbocycles. The number of hydrogen-bond acceptors (Lipinski definition) is 6. The molecule has 0 aliphatic carbocycles. The van der Waals surface area contributed by atoms with Crippen LogP contribution in [0.15, 0.2) is 48.5 Å². The summed E-state index contributed by atoms with van der Waals surface area (Å²) in [5.41, 5.74) is 1.38.